The Balaban J connectivity index is 2.07. The number of anilines is 1. The van der Waals surface area contributed by atoms with Crippen LogP contribution >= 0.6 is 0 Å². The second kappa shape index (κ2) is 4.29. The quantitative estimate of drug-likeness (QED) is 0.700. The van der Waals surface area contributed by atoms with Gasteiger partial charge in [-0.05, 0) is 25.0 Å². The molecule has 2 rings (SSSR count). The number of nitrogens with zero attached hydrogens (tertiary/aromatic N) is 3. The van der Waals surface area contributed by atoms with Gasteiger partial charge in [-0.3, -0.25) is 9.88 Å². The van der Waals surface area contributed by atoms with E-state index in [0.29, 0.717) is 0 Å². The van der Waals surface area contributed by atoms with Gasteiger partial charge in [0.05, 0.1) is 0 Å². The average Bonchev–Trinajstić information content (AvgIpc) is 2.82. The third-order valence-electron chi connectivity index (χ3n) is 2.71. The lowest BCUT2D eigenvalue weighted by atomic mass is 10.4. The number of rotatable bonds is 1. The van der Waals surface area contributed by atoms with Gasteiger partial charge in [-0.15, -0.1) is 0 Å². The molecule has 0 bridgehead atoms. The summed E-state index contributed by atoms with van der Waals surface area (Å²) in [6, 6.07) is 3.76. The third-order valence-corrected chi connectivity index (χ3v) is 2.71. The molecule has 0 atom stereocenters. The van der Waals surface area contributed by atoms with E-state index in [9.17, 15) is 4.79 Å². The van der Waals surface area contributed by atoms with Gasteiger partial charge in [-0.2, -0.15) is 0 Å². The molecule has 0 unspecified atom stereocenters. The van der Waals surface area contributed by atoms with Crippen LogP contribution in [0.3, 0.4) is 0 Å². The zero-order chi connectivity index (χ0) is 10.7. The molecular weight excluding hydrogens is 190 g/mol. The average molecular weight is 205 g/mol. The molecule has 0 N–H and O–H groups in total. The predicted molar refractivity (Wildman–Crippen MR) is 58.8 cm³/mol. The van der Waals surface area contributed by atoms with Crippen LogP contribution in [0.5, 0.6) is 0 Å². The zero-order valence-corrected chi connectivity index (χ0v) is 8.89. The van der Waals surface area contributed by atoms with E-state index in [2.05, 4.69) is 4.98 Å². The van der Waals surface area contributed by atoms with Crippen molar-refractivity contribution in [3.05, 3.63) is 24.5 Å². The topological polar surface area (TPSA) is 36.4 Å². The van der Waals surface area contributed by atoms with E-state index in [1.165, 1.54) is 0 Å². The van der Waals surface area contributed by atoms with Gasteiger partial charge in [0, 0.05) is 38.2 Å². The summed E-state index contributed by atoms with van der Waals surface area (Å²) in [5.74, 6) is 0. The number of pyridine rings is 1. The van der Waals surface area contributed by atoms with Gasteiger partial charge in [0.25, 0.3) is 0 Å². The Morgan fingerprint density at radius 1 is 1.33 bits per heavy atom. The molecule has 4 nitrogen and oxygen atoms in total. The Hall–Kier alpha value is -1.58. The number of carbonyl (C=O) groups is 1. The zero-order valence-electron chi connectivity index (χ0n) is 8.89. The minimum Gasteiger partial charge on any atom is -0.324 e. The van der Waals surface area contributed by atoms with E-state index in [0.717, 1.165) is 31.6 Å². The lowest BCUT2D eigenvalue weighted by Gasteiger charge is -2.24. The smallest absolute Gasteiger partial charge is 0.324 e. The van der Waals surface area contributed by atoms with Gasteiger partial charge in [0.15, 0.2) is 0 Å². The van der Waals surface area contributed by atoms with E-state index in [4.69, 9.17) is 0 Å². The highest BCUT2D eigenvalue weighted by Gasteiger charge is 2.21. The Bertz CT molecular complexity index is 333. The molecule has 15 heavy (non-hydrogen) atoms. The standard InChI is InChI=1S/C11H15N3O/c1-13(10-4-6-12-7-5-10)11(15)14-8-2-3-9-14/h4-7H,2-3,8-9H2,1H3. The van der Waals surface area contributed by atoms with Crippen molar-refractivity contribution in [1.29, 1.82) is 0 Å². The van der Waals surface area contributed by atoms with Gasteiger partial charge in [-0.25, -0.2) is 4.79 Å². The monoisotopic (exact) mass is 205 g/mol. The number of hydrogen-bond acceptors (Lipinski definition) is 2. The first-order chi connectivity index (χ1) is 7.29. The first-order valence-corrected chi connectivity index (χ1v) is 5.22. The second-order valence-corrected chi connectivity index (χ2v) is 3.74. The van der Waals surface area contributed by atoms with Crippen LogP contribution < -0.4 is 4.90 Å². The summed E-state index contributed by atoms with van der Waals surface area (Å²) in [5.41, 5.74) is 0.891. The van der Waals surface area contributed by atoms with Gasteiger partial charge in [0.1, 0.15) is 0 Å². The third kappa shape index (κ3) is 2.09. The molecule has 1 aliphatic rings. The van der Waals surface area contributed by atoms with Crippen molar-refractivity contribution >= 4 is 11.7 Å². The van der Waals surface area contributed by atoms with Crippen molar-refractivity contribution < 1.29 is 4.79 Å². The first-order valence-electron chi connectivity index (χ1n) is 5.22. The molecular formula is C11H15N3O. The lowest BCUT2D eigenvalue weighted by molar-refractivity contribution is 0.217. The fourth-order valence-corrected chi connectivity index (χ4v) is 1.80. The summed E-state index contributed by atoms with van der Waals surface area (Å²) in [6.07, 6.45) is 5.64. The minimum absolute atomic E-state index is 0.0821. The Kier molecular flexibility index (Phi) is 2.85. The van der Waals surface area contributed by atoms with E-state index >= 15 is 0 Å². The molecule has 0 spiro atoms. The molecule has 2 heterocycles. The van der Waals surface area contributed by atoms with Crippen molar-refractivity contribution in [1.82, 2.24) is 9.88 Å². The van der Waals surface area contributed by atoms with Gasteiger partial charge in [0.2, 0.25) is 0 Å². The predicted octanol–water partition coefficient (Wildman–Crippen LogP) is 1.73. The molecule has 80 valence electrons. The molecule has 2 amide bonds. The molecule has 1 fully saturated rings. The molecule has 1 aromatic rings. The Labute approximate surface area is 89.5 Å². The maximum atomic E-state index is 12.0. The summed E-state index contributed by atoms with van der Waals surface area (Å²) in [5, 5.41) is 0. The number of likely N-dealkylation sites (tertiary alicyclic amines) is 1. The summed E-state index contributed by atoms with van der Waals surface area (Å²) in [4.78, 5) is 19.5. The fourth-order valence-electron chi connectivity index (χ4n) is 1.80. The maximum Gasteiger partial charge on any atom is 0.324 e. The number of urea groups is 1. The molecule has 0 radical (unpaired) electrons. The number of hydrogen-bond donors (Lipinski definition) is 0. The number of carbonyl (C=O) groups excluding carboxylic acids is 1. The van der Waals surface area contributed by atoms with Crippen LogP contribution in [0.2, 0.25) is 0 Å². The van der Waals surface area contributed by atoms with Crippen LogP contribution in [0.15, 0.2) is 24.5 Å². The van der Waals surface area contributed by atoms with Crippen LogP contribution in [0.4, 0.5) is 10.5 Å². The summed E-state index contributed by atoms with van der Waals surface area (Å²) < 4.78 is 0. The Morgan fingerprint density at radius 3 is 2.53 bits per heavy atom. The molecule has 0 aromatic carbocycles. The van der Waals surface area contributed by atoms with Crippen LogP contribution in [0.25, 0.3) is 0 Å². The van der Waals surface area contributed by atoms with E-state index in [1.807, 2.05) is 17.0 Å². The van der Waals surface area contributed by atoms with Gasteiger partial charge < -0.3 is 4.90 Å². The fraction of sp³-hybridized carbons (Fsp3) is 0.455. The van der Waals surface area contributed by atoms with Gasteiger partial charge >= 0.3 is 6.03 Å². The maximum absolute atomic E-state index is 12.0. The molecule has 4 heteroatoms. The molecule has 1 aromatic heterocycles. The van der Waals surface area contributed by atoms with Crippen molar-refractivity contribution in [2.45, 2.75) is 12.8 Å². The summed E-state index contributed by atoms with van der Waals surface area (Å²) >= 11 is 0. The van der Waals surface area contributed by atoms with Crippen molar-refractivity contribution in [3.8, 4) is 0 Å². The second-order valence-electron chi connectivity index (χ2n) is 3.74. The highest BCUT2D eigenvalue weighted by atomic mass is 16.2. The highest BCUT2D eigenvalue weighted by molar-refractivity contribution is 5.91. The van der Waals surface area contributed by atoms with Gasteiger partial charge in [-0.1, -0.05) is 0 Å². The van der Waals surface area contributed by atoms with Crippen LogP contribution in [-0.2, 0) is 0 Å². The molecule has 1 saturated heterocycles. The minimum atomic E-state index is 0.0821. The van der Waals surface area contributed by atoms with Crippen molar-refractivity contribution in [3.63, 3.8) is 0 Å². The Morgan fingerprint density at radius 2 is 1.93 bits per heavy atom. The normalized spacial score (nSPS) is 15.4. The summed E-state index contributed by atoms with van der Waals surface area (Å²) in [6.45, 7) is 1.77. The highest BCUT2D eigenvalue weighted by Crippen LogP contribution is 2.15. The van der Waals surface area contributed by atoms with Crippen molar-refractivity contribution in [2.24, 2.45) is 0 Å². The van der Waals surface area contributed by atoms with Crippen molar-refractivity contribution in [2.75, 3.05) is 25.0 Å². The lowest BCUT2D eigenvalue weighted by Crippen LogP contribution is -2.39. The SMILES string of the molecule is CN(C(=O)N1CCCC1)c1ccncc1. The molecule has 0 saturated carbocycles. The van der Waals surface area contributed by atoms with E-state index in [1.54, 1.807) is 24.3 Å². The van der Waals surface area contributed by atoms with Crippen LogP contribution in [0, 0.1) is 0 Å². The summed E-state index contributed by atoms with van der Waals surface area (Å²) in [7, 11) is 1.80. The number of aromatic nitrogens is 1. The first kappa shape index (κ1) is 9.96. The molecule has 0 aliphatic carbocycles. The van der Waals surface area contributed by atoms with E-state index in [-0.39, 0.29) is 6.03 Å². The number of amides is 2. The molecule has 1 aliphatic heterocycles. The largest absolute Gasteiger partial charge is 0.324 e. The van der Waals surface area contributed by atoms with E-state index < -0.39 is 0 Å². The van der Waals surface area contributed by atoms with Crippen LogP contribution in [0.1, 0.15) is 12.8 Å². The van der Waals surface area contributed by atoms with Crippen LogP contribution in [-0.4, -0.2) is 36.1 Å².